The molecule has 34 heavy (non-hydrogen) atoms. The molecular formula is C27H37N5O2. The first-order chi connectivity index (χ1) is 16.1. The van der Waals surface area contributed by atoms with Crippen LogP contribution in [0.1, 0.15) is 70.9 Å². The fourth-order valence-electron chi connectivity index (χ4n) is 5.01. The number of hydrogen-bond donors (Lipinski definition) is 3. The largest absolute Gasteiger partial charge is 0.382 e. The summed E-state index contributed by atoms with van der Waals surface area (Å²) < 4.78 is 0. The number of pyridine rings is 1. The summed E-state index contributed by atoms with van der Waals surface area (Å²) in [5.41, 5.74) is 4.47. The molecule has 1 amide bonds. The molecule has 7 heteroatoms. The molecule has 1 aromatic carbocycles. The van der Waals surface area contributed by atoms with Gasteiger partial charge in [-0.3, -0.25) is 9.59 Å². The van der Waals surface area contributed by atoms with Crippen LogP contribution in [0, 0.1) is 38.0 Å². The standard InChI is InChI=1S/C27H37N5O2/c1-16-11-17(2)30-27(34)24(16)15-29-26(33)23-12-20(14-28)13-25(18(23)3)31-19(4)21-7-9-22(10-8-21)32(5)6/h11-13,19,21-22,31H,7-10,15H2,1-6H3,(H,29,33)(H,30,34)/t19?,21-,22-. The van der Waals surface area contributed by atoms with Gasteiger partial charge in [-0.25, -0.2) is 0 Å². The van der Waals surface area contributed by atoms with E-state index >= 15 is 0 Å². The second-order valence-electron chi connectivity index (χ2n) is 9.90. The van der Waals surface area contributed by atoms with Crippen LogP contribution < -0.4 is 16.2 Å². The summed E-state index contributed by atoms with van der Waals surface area (Å²) in [6.45, 7) is 7.91. The highest BCUT2D eigenvalue weighted by Crippen LogP contribution is 2.31. The number of aryl methyl sites for hydroxylation is 2. The van der Waals surface area contributed by atoms with Crippen molar-refractivity contribution in [3.8, 4) is 6.07 Å². The number of hydrogen-bond acceptors (Lipinski definition) is 5. The zero-order valence-corrected chi connectivity index (χ0v) is 21.2. The van der Waals surface area contributed by atoms with Crippen LogP contribution in [0.15, 0.2) is 23.0 Å². The molecule has 0 spiro atoms. The predicted octanol–water partition coefficient (Wildman–Crippen LogP) is 4.02. The summed E-state index contributed by atoms with van der Waals surface area (Å²) in [4.78, 5) is 30.5. The number of rotatable bonds is 7. The average molecular weight is 464 g/mol. The lowest BCUT2D eigenvalue weighted by Crippen LogP contribution is -2.36. The molecule has 0 bridgehead atoms. The van der Waals surface area contributed by atoms with E-state index < -0.39 is 0 Å². The van der Waals surface area contributed by atoms with E-state index in [1.807, 2.05) is 32.9 Å². The summed E-state index contributed by atoms with van der Waals surface area (Å²) in [6.07, 6.45) is 4.69. The molecule has 182 valence electrons. The van der Waals surface area contributed by atoms with Crippen LogP contribution in [0.25, 0.3) is 0 Å². The van der Waals surface area contributed by atoms with E-state index in [0.717, 1.165) is 35.3 Å². The first-order valence-electron chi connectivity index (χ1n) is 12.1. The Hall–Kier alpha value is -3.11. The van der Waals surface area contributed by atoms with Crippen LogP contribution in [-0.4, -0.2) is 42.0 Å². The number of aromatic nitrogens is 1. The summed E-state index contributed by atoms with van der Waals surface area (Å²) >= 11 is 0. The minimum atomic E-state index is -0.295. The van der Waals surface area contributed by atoms with Crippen molar-refractivity contribution in [2.75, 3.05) is 19.4 Å². The molecule has 3 N–H and O–H groups in total. The second-order valence-corrected chi connectivity index (χ2v) is 9.90. The quantitative estimate of drug-likeness (QED) is 0.576. The van der Waals surface area contributed by atoms with Gasteiger partial charge in [0.25, 0.3) is 11.5 Å². The highest BCUT2D eigenvalue weighted by Gasteiger charge is 2.27. The van der Waals surface area contributed by atoms with E-state index in [4.69, 9.17) is 0 Å². The zero-order valence-electron chi connectivity index (χ0n) is 21.2. The Bertz CT molecular complexity index is 1140. The number of nitrogens with zero attached hydrogens (tertiary/aromatic N) is 2. The summed E-state index contributed by atoms with van der Waals surface area (Å²) in [5.74, 6) is 0.256. The number of nitrogens with one attached hydrogen (secondary N) is 3. The van der Waals surface area contributed by atoms with Gasteiger partial charge in [-0.05, 0) is 103 Å². The minimum absolute atomic E-state index is 0.130. The van der Waals surface area contributed by atoms with Gasteiger partial charge in [0, 0.05) is 41.1 Å². The first-order valence-corrected chi connectivity index (χ1v) is 12.1. The van der Waals surface area contributed by atoms with Gasteiger partial charge >= 0.3 is 0 Å². The number of benzene rings is 1. The maximum atomic E-state index is 13.1. The number of H-pyrrole nitrogens is 1. The van der Waals surface area contributed by atoms with E-state index in [-0.39, 0.29) is 24.1 Å². The van der Waals surface area contributed by atoms with Crippen LogP contribution in [-0.2, 0) is 6.54 Å². The highest BCUT2D eigenvalue weighted by molar-refractivity contribution is 5.97. The fraction of sp³-hybridized carbons (Fsp3) is 0.519. The summed E-state index contributed by atoms with van der Waals surface area (Å²) in [6, 6.07) is 8.39. The van der Waals surface area contributed by atoms with Crippen LogP contribution in [0.5, 0.6) is 0 Å². The first kappa shape index (κ1) is 25.5. The van der Waals surface area contributed by atoms with Gasteiger partial charge in [0.05, 0.1) is 11.6 Å². The molecule has 0 aliphatic heterocycles. The molecule has 1 unspecified atom stereocenters. The molecule has 1 heterocycles. The number of aromatic amines is 1. The van der Waals surface area contributed by atoms with Gasteiger partial charge in [0.1, 0.15) is 0 Å². The molecule has 1 atom stereocenters. The monoisotopic (exact) mass is 463 g/mol. The van der Waals surface area contributed by atoms with Crippen LogP contribution in [0.2, 0.25) is 0 Å². The van der Waals surface area contributed by atoms with Crippen molar-refractivity contribution in [2.45, 2.75) is 72.0 Å². The van der Waals surface area contributed by atoms with Crippen molar-refractivity contribution in [1.82, 2.24) is 15.2 Å². The normalized spacial score (nSPS) is 18.9. The number of anilines is 1. The molecule has 1 aliphatic rings. The molecule has 1 fully saturated rings. The number of amides is 1. The Labute approximate surface area is 202 Å². The lowest BCUT2D eigenvalue weighted by atomic mass is 9.81. The molecule has 7 nitrogen and oxygen atoms in total. The highest BCUT2D eigenvalue weighted by atomic mass is 16.1. The molecule has 1 aromatic heterocycles. The predicted molar refractivity (Wildman–Crippen MR) is 136 cm³/mol. The fourth-order valence-corrected chi connectivity index (χ4v) is 5.01. The van der Waals surface area contributed by atoms with Crippen molar-refractivity contribution < 1.29 is 4.79 Å². The number of carbonyl (C=O) groups excluding carboxylic acids is 1. The second kappa shape index (κ2) is 10.9. The van der Waals surface area contributed by atoms with Crippen LogP contribution >= 0.6 is 0 Å². The van der Waals surface area contributed by atoms with Crippen LogP contribution in [0.4, 0.5) is 5.69 Å². The third-order valence-corrected chi connectivity index (χ3v) is 7.26. The van der Waals surface area contributed by atoms with Gasteiger partial charge in [-0.1, -0.05) is 0 Å². The van der Waals surface area contributed by atoms with E-state index in [1.54, 1.807) is 6.07 Å². The summed E-state index contributed by atoms with van der Waals surface area (Å²) in [7, 11) is 4.29. The van der Waals surface area contributed by atoms with E-state index in [1.165, 1.54) is 12.8 Å². The lowest BCUT2D eigenvalue weighted by Gasteiger charge is -2.36. The van der Waals surface area contributed by atoms with Crippen molar-refractivity contribution in [1.29, 1.82) is 5.26 Å². The Morgan fingerprint density at radius 3 is 2.44 bits per heavy atom. The van der Waals surface area contributed by atoms with E-state index in [9.17, 15) is 14.9 Å². The van der Waals surface area contributed by atoms with Gasteiger partial charge in [0.2, 0.25) is 0 Å². The van der Waals surface area contributed by atoms with Gasteiger partial charge in [-0.2, -0.15) is 5.26 Å². The zero-order chi connectivity index (χ0) is 25.0. The molecule has 0 saturated heterocycles. The van der Waals surface area contributed by atoms with Crippen molar-refractivity contribution in [2.24, 2.45) is 5.92 Å². The summed E-state index contributed by atoms with van der Waals surface area (Å²) in [5, 5.41) is 16.0. The average Bonchev–Trinajstić information content (AvgIpc) is 2.79. The van der Waals surface area contributed by atoms with Crippen molar-refractivity contribution >= 4 is 11.6 Å². The molecule has 3 rings (SSSR count). The third-order valence-electron chi connectivity index (χ3n) is 7.26. The molecule has 1 saturated carbocycles. The van der Waals surface area contributed by atoms with Crippen LogP contribution in [0.3, 0.4) is 0 Å². The molecule has 0 radical (unpaired) electrons. The maximum absolute atomic E-state index is 13.1. The van der Waals surface area contributed by atoms with Gasteiger partial charge < -0.3 is 20.5 Å². The Balaban J connectivity index is 1.75. The van der Waals surface area contributed by atoms with Crippen molar-refractivity contribution in [3.63, 3.8) is 0 Å². The SMILES string of the molecule is Cc1cc(C)c(CNC(=O)c2cc(C#N)cc(NC(C)[C@H]3CC[C@H](N(C)C)CC3)c2C)c(=O)[nH]1. The van der Waals surface area contributed by atoms with Gasteiger partial charge in [-0.15, -0.1) is 0 Å². The van der Waals surface area contributed by atoms with E-state index in [0.29, 0.717) is 28.7 Å². The lowest BCUT2D eigenvalue weighted by molar-refractivity contribution is 0.0950. The molecule has 1 aliphatic carbocycles. The minimum Gasteiger partial charge on any atom is -0.382 e. The third kappa shape index (κ3) is 5.87. The van der Waals surface area contributed by atoms with Gasteiger partial charge in [0.15, 0.2) is 0 Å². The Kier molecular flexibility index (Phi) is 8.16. The molecule has 2 aromatic rings. The van der Waals surface area contributed by atoms with Crippen molar-refractivity contribution in [3.05, 3.63) is 62.1 Å². The molecular weight excluding hydrogens is 426 g/mol. The Morgan fingerprint density at radius 2 is 1.85 bits per heavy atom. The number of carbonyl (C=O) groups is 1. The van der Waals surface area contributed by atoms with E-state index in [2.05, 4.69) is 47.6 Å². The Morgan fingerprint density at radius 1 is 1.18 bits per heavy atom. The maximum Gasteiger partial charge on any atom is 0.253 e. The number of nitriles is 1. The smallest absolute Gasteiger partial charge is 0.253 e. The topological polar surface area (TPSA) is 101 Å².